The van der Waals surface area contributed by atoms with Crippen molar-refractivity contribution >= 4 is 23.9 Å². The molecule has 6 bridgehead atoms. The highest BCUT2D eigenvalue weighted by molar-refractivity contribution is 5.83. The fourth-order valence-electron chi connectivity index (χ4n) is 8.12. The van der Waals surface area contributed by atoms with Crippen molar-refractivity contribution in [1.82, 2.24) is 0 Å². The highest BCUT2D eigenvalue weighted by atomic mass is 16.7. The third-order valence-electron chi connectivity index (χ3n) is 11.6. The number of hydrogen-bond donors (Lipinski definition) is 3. The lowest BCUT2D eigenvalue weighted by Crippen LogP contribution is -2.62. The van der Waals surface area contributed by atoms with Crippen LogP contribution in [0.15, 0.2) is 23.8 Å². The van der Waals surface area contributed by atoms with E-state index in [1.807, 2.05) is 13.8 Å². The molecule has 0 aliphatic carbocycles. The van der Waals surface area contributed by atoms with Crippen LogP contribution in [0.5, 0.6) is 0 Å². The van der Waals surface area contributed by atoms with Crippen LogP contribution in [-0.2, 0) is 57.1 Å². The van der Waals surface area contributed by atoms with Gasteiger partial charge in [-0.3, -0.25) is 14.4 Å². The minimum absolute atomic E-state index is 0.0428. The number of esters is 4. The van der Waals surface area contributed by atoms with E-state index in [0.29, 0.717) is 32.3 Å². The van der Waals surface area contributed by atoms with Gasteiger partial charge in [-0.05, 0) is 30.9 Å². The van der Waals surface area contributed by atoms with Gasteiger partial charge in [-0.1, -0.05) is 66.4 Å². The lowest BCUT2D eigenvalue weighted by atomic mass is 9.73. The summed E-state index contributed by atoms with van der Waals surface area (Å²) in [4.78, 5) is 51.4. The average Bonchev–Trinajstić information content (AvgIpc) is 3.13. The van der Waals surface area contributed by atoms with Crippen LogP contribution >= 0.6 is 0 Å². The Morgan fingerprint density at radius 2 is 1.68 bits per heavy atom. The number of aliphatic hydroxyl groups excluding tert-OH is 2. The van der Waals surface area contributed by atoms with Crippen molar-refractivity contribution in [3.05, 3.63) is 23.8 Å². The van der Waals surface area contributed by atoms with Crippen molar-refractivity contribution in [2.75, 3.05) is 20.3 Å². The number of hydrogen-bond acceptors (Lipinski definition) is 15. The van der Waals surface area contributed by atoms with Crippen LogP contribution < -0.4 is 0 Å². The molecule has 3 saturated heterocycles. The smallest absolute Gasteiger partial charge is 0.330 e. The molecule has 4 aliphatic heterocycles. The number of unbranched alkanes of at least 4 members (excludes halogenated alkanes) is 4. The van der Waals surface area contributed by atoms with Gasteiger partial charge in [0.2, 0.25) is 5.79 Å². The van der Waals surface area contributed by atoms with E-state index in [2.05, 4.69) is 6.92 Å². The predicted octanol–water partition coefficient (Wildman–Crippen LogP) is 4.50. The number of cyclic esters (lactones) is 1. The molecule has 0 unspecified atom stereocenters. The van der Waals surface area contributed by atoms with Crippen LogP contribution in [0.2, 0.25) is 0 Å². The maximum absolute atomic E-state index is 13.4. The molecule has 4 heterocycles. The largest absolute Gasteiger partial charge is 0.466 e. The summed E-state index contributed by atoms with van der Waals surface area (Å²) in [5, 5.41) is 34.1. The zero-order valence-electron chi connectivity index (χ0n) is 34.8. The van der Waals surface area contributed by atoms with Crippen molar-refractivity contribution in [2.45, 2.75) is 186 Å². The minimum Gasteiger partial charge on any atom is -0.466 e. The Balaban J connectivity index is 1.72. The van der Waals surface area contributed by atoms with Gasteiger partial charge in [0, 0.05) is 55.9 Å². The van der Waals surface area contributed by atoms with Crippen molar-refractivity contribution in [2.24, 2.45) is 10.8 Å². The molecule has 4 rings (SSSR count). The van der Waals surface area contributed by atoms with Crippen LogP contribution in [-0.4, -0.2) is 120 Å². The van der Waals surface area contributed by atoms with E-state index in [-0.39, 0.29) is 37.4 Å². The number of rotatable bonds is 10. The standard InChI is InChI=1S/C42H66O15/c1-8-9-10-11-12-13-35(46)56-39-27(19-36(47)50-7)18-31-22-32(25-43)54-37(48)21-28(45)20-30-24-33(52-26(2)44)41(5,6)34(53-30)23-29-15-17-51-38(55-29)14-16-40(3,4)42(39,49)57-31/h14,16,19,28-34,38-39,43,45,49H,8-13,15,17-18,20-25H2,1-7H3/b16-14+,27-19+/t28-,29+,30-,31+,32-,33+,34+,38+,39+,42-/m1/s1. The van der Waals surface area contributed by atoms with E-state index in [1.54, 1.807) is 26.0 Å². The zero-order chi connectivity index (χ0) is 42.0. The first-order valence-corrected chi connectivity index (χ1v) is 20.6. The average molecular weight is 811 g/mol. The Morgan fingerprint density at radius 1 is 0.947 bits per heavy atom. The molecule has 324 valence electrons. The third kappa shape index (κ3) is 12.8. The summed E-state index contributed by atoms with van der Waals surface area (Å²) >= 11 is 0. The SMILES string of the molecule is CCCCCCCC(=O)O[C@H]1/C(=C/C(=O)OC)C[C@H]2C[C@H](CO)OC(=O)C[C@H](O)C[C@@H]3C[C@H](OC(C)=O)C(C)(C)[C@H](C[C@@H]4CCO[C@H](/C=C/C(C)(C)[C@]1(O)O2)O4)O3. The monoisotopic (exact) mass is 810 g/mol. The molecular formula is C42H66O15. The third-order valence-corrected chi connectivity index (χ3v) is 11.6. The maximum atomic E-state index is 13.4. The first-order chi connectivity index (χ1) is 26.9. The maximum Gasteiger partial charge on any atom is 0.330 e. The first kappa shape index (κ1) is 46.8. The second-order valence-corrected chi connectivity index (χ2v) is 17.0. The van der Waals surface area contributed by atoms with E-state index in [9.17, 15) is 34.5 Å². The Labute approximate surface area is 336 Å². The molecule has 0 saturated carbocycles. The molecule has 3 fully saturated rings. The van der Waals surface area contributed by atoms with E-state index < -0.39 is 103 Å². The van der Waals surface area contributed by atoms with Gasteiger partial charge < -0.3 is 53.2 Å². The van der Waals surface area contributed by atoms with Crippen molar-refractivity contribution in [3.63, 3.8) is 0 Å². The molecule has 0 aromatic rings. The Bertz CT molecular complexity index is 1420. The van der Waals surface area contributed by atoms with E-state index >= 15 is 0 Å². The molecule has 15 heteroatoms. The normalized spacial score (nSPS) is 35.9. The first-order valence-electron chi connectivity index (χ1n) is 20.6. The van der Waals surface area contributed by atoms with Gasteiger partial charge in [0.05, 0.1) is 57.3 Å². The lowest BCUT2D eigenvalue weighted by Gasteiger charge is -2.51. The summed E-state index contributed by atoms with van der Waals surface area (Å²) < 4.78 is 47.7. The minimum atomic E-state index is -2.31. The molecule has 0 radical (unpaired) electrons. The number of aliphatic hydroxyl groups is 3. The second kappa shape index (κ2) is 20.9. The van der Waals surface area contributed by atoms with Crippen molar-refractivity contribution in [3.8, 4) is 0 Å². The number of fused-ring (bicyclic) bond motifs is 6. The number of carbonyl (C=O) groups excluding carboxylic acids is 4. The molecule has 0 aromatic heterocycles. The highest BCUT2D eigenvalue weighted by Gasteiger charge is 2.58. The van der Waals surface area contributed by atoms with Crippen LogP contribution in [0.1, 0.15) is 125 Å². The highest BCUT2D eigenvalue weighted by Crippen LogP contribution is 2.47. The van der Waals surface area contributed by atoms with Gasteiger partial charge in [-0.2, -0.15) is 0 Å². The molecule has 0 spiro atoms. The fraction of sp³-hybridized carbons (Fsp3) is 0.810. The Hall–Kier alpha value is -2.92. The summed E-state index contributed by atoms with van der Waals surface area (Å²) in [6.07, 6.45) is 2.27. The summed E-state index contributed by atoms with van der Waals surface area (Å²) in [5.41, 5.74) is -1.78. The second-order valence-electron chi connectivity index (χ2n) is 17.0. The lowest BCUT2D eigenvalue weighted by molar-refractivity contribution is -0.327. The molecule has 0 amide bonds. The van der Waals surface area contributed by atoms with Crippen LogP contribution in [0.25, 0.3) is 0 Å². The quantitative estimate of drug-likeness (QED) is 0.0914. The van der Waals surface area contributed by atoms with Crippen LogP contribution in [0, 0.1) is 10.8 Å². The number of ether oxygens (including phenoxy) is 8. The van der Waals surface area contributed by atoms with Crippen molar-refractivity contribution < 1.29 is 72.4 Å². The number of methoxy groups -OCH3 is 1. The van der Waals surface area contributed by atoms with Gasteiger partial charge >= 0.3 is 23.9 Å². The molecule has 15 nitrogen and oxygen atoms in total. The van der Waals surface area contributed by atoms with Gasteiger partial charge in [0.1, 0.15) is 12.2 Å². The summed E-state index contributed by atoms with van der Waals surface area (Å²) in [7, 11) is 1.21. The molecular weight excluding hydrogens is 744 g/mol. The van der Waals surface area contributed by atoms with E-state index in [4.69, 9.17) is 37.9 Å². The van der Waals surface area contributed by atoms with Gasteiger partial charge in [0.15, 0.2) is 12.4 Å². The van der Waals surface area contributed by atoms with E-state index in [0.717, 1.165) is 25.7 Å². The summed E-state index contributed by atoms with van der Waals surface area (Å²) in [5.74, 6) is -4.85. The van der Waals surface area contributed by atoms with Crippen LogP contribution in [0.4, 0.5) is 0 Å². The summed E-state index contributed by atoms with van der Waals surface area (Å²) in [6.45, 7) is 10.5. The Kier molecular flexibility index (Phi) is 17.1. The molecule has 4 aliphatic rings. The van der Waals surface area contributed by atoms with E-state index in [1.165, 1.54) is 20.1 Å². The predicted molar refractivity (Wildman–Crippen MR) is 204 cm³/mol. The summed E-state index contributed by atoms with van der Waals surface area (Å²) in [6, 6.07) is 0. The molecule has 3 N–H and O–H groups in total. The zero-order valence-corrected chi connectivity index (χ0v) is 34.8. The van der Waals surface area contributed by atoms with Gasteiger partial charge in [-0.25, -0.2) is 4.79 Å². The molecule has 0 aromatic carbocycles. The topological polar surface area (TPSA) is 203 Å². The fourth-order valence-corrected chi connectivity index (χ4v) is 8.12. The number of carbonyl (C=O) groups is 4. The Morgan fingerprint density at radius 3 is 2.37 bits per heavy atom. The van der Waals surface area contributed by atoms with Gasteiger partial charge in [0.25, 0.3) is 0 Å². The van der Waals surface area contributed by atoms with Crippen LogP contribution in [0.3, 0.4) is 0 Å². The van der Waals surface area contributed by atoms with Crippen molar-refractivity contribution in [1.29, 1.82) is 0 Å². The van der Waals surface area contributed by atoms with Gasteiger partial charge in [-0.15, -0.1) is 0 Å². The molecule has 57 heavy (non-hydrogen) atoms. The molecule has 10 atom stereocenters.